The molecule has 0 radical (unpaired) electrons. The summed E-state index contributed by atoms with van der Waals surface area (Å²) in [6.07, 6.45) is 5.58. The molecule has 0 aliphatic carbocycles. The maximum atomic E-state index is 12.1. The number of rotatable bonds is 3. The van der Waals surface area contributed by atoms with Gasteiger partial charge in [-0.3, -0.25) is 0 Å². The van der Waals surface area contributed by atoms with Crippen LogP contribution in [0.25, 0.3) is 0 Å². The number of likely N-dealkylation sites (tertiary alicyclic amines) is 1. The van der Waals surface area contributed by atoms with Crippen LogP contribution < -0.4 is 5.32 Å². The van der Waals surface area contributed by atoms with Crippen molar-refractivity contribution in [2.75, 3.05) is 45.0 Å². The molecule has 0 amide bonds. The topological polar surface area (TPSA) is 52.7 Å². The Bertz CT molecular complexity index is 426. The van der Waals surface area contributed by atoms with Gasteiger partial charge >= 0.3 is 0 Å². The minimum Gasteiger partial charge on any atom is -0.316 e. The first-order valence-electron chi connectivity index (χ1n) is 8.08. The van der Waals surface area contributed by atoms with Gasteiger partial charge < -0.3 is 10.2 Å². The minimum atomic E-state index is -2.95. The van der Waals surface area contributed by atoms with E-state index in [0.29, 0.717) is 5.75 Å². The van der Waals surface area contributed by atoms with Crippen molar-refractivity contribution in [2.24, 2.45) is 5.92 Å². The first-order valence-corrected chi connectivity index (χ1v) is 9.69. The second kappa shape index (κ2) is 7.59. The van der Waals surface area contributed by atoms with Crippen LogP contribution in [-0.4, -0.2) is 68.7 Å². The second-order valence-corrected chi connectivity index (χ2v) is 8.59. The zero-order chi connectivity index (χ0) is 14.0. The highest BCUT2D eigenvalue weighted by atomic mass is 35.5. The van der Waals surface area contributed by atoms with Crippen LogP contribution in [0.1, 0.15) is 32.1 Å². The number of hydrogen-bond acceptors (Lipinski definition) is 4. The highest BCUT2D eigenvalue weighted by Gasteiger charge is 2.36. The molecule has 3 aliphatic rings. The normalized spacial score (nSPS) is 34.5. The maximum absolute atomic E-state index is 12.1. The van der Waals surface area contributed by atoms with Crippen LogP contribution in [0.5, 0.6) is 0 Å². The van der Waals surface area contributed by atoms with Crippen LogP contribution in [0.2, 0.25) is 0 Å². The molecular formula is C14H28ClN3O2S. The van der Waals surface area contributed by atoms with Crippen LogP contribution >= 0.6 is 12.4 Å². The fraction of sp³-hybridized carbons (Fsp3) is 1.00. The van der Waals surface area contributed by atoms with Crippen molar-refractivity contribution in [3.05, 3.63) is 0 Å². The summed E-state index contributed by atoms with van der Waals surface area (Å²) in [6, 6.07) is 0.229. The highest BCUT2D eigenvalue weighted by Crippen LogP contribution is 2.24. The van der Waals surface area contributed by atoms with E-state index in [1.165, 1.54) is 12.8 Å². The first kappa shape index (κ1) is 17.5. The van der Waals surface area contributed by atoms with Crippen molar-refractivity contribution in [2.45, 2.75) is 38.1 Å². The summed E-state index contributed by atoms with van der Waals surface area (Å²) in [5.41, 5.74) is 0. The Labute approximate surface area is 134 Å². The van der Waals surface area contributed by atoms with Gasteiger partial charge in [-0.2, -0.15) is 4.31 Å². The highest BCUT2D eigenvalue weighted by molar-refractivity contribution is 7.89. The molecule has 3 saturated heterocycles. The van der Waals surface area contributed by atoms with Crippen molar-refractivity contribution in [3.8, 4) is 0 Å². The molecular weight excluding hydrogens is 310 g/mol. The molecule has 3 rings (SSSR count). The molecule has 3 aliphatic heterocycles. The van der Waals surface area contributed by atoms with E-state index in [-0.39, 0.29) is 18.4 Å². The molecule has 0 aromatic rings. The van der Waals surface area contributed by atoms with E-state index in [2.05, 4.69) is 10.2 Å². The van der Waals surface area contributed by atoms with Crippen molar-refractivity contribution in [3.63, 3.8) is 0 Å². The van der Waals surface area contributed by atoms with E-state index in [9.17, 15) is 8.42 Å². The molecule has 0 bridgehead atoms. The van der Waals surface area contributed by atoms with Crippen LogP contribution in [0.15, 0.2) is 0 Å². The Balaban J connectivity index is 0.00000161. The Kier molecular flexibility index (Phi) is 6.32. The smallest absolute Gasteiger partial charge is 0.214 e. The quantitative estimate of drug-likeness (QED) is 0.831. The zero-order valence-corrected chi connectivity index (χ0v) is 14.3. The molecule has 5 nitrogen and oxygen atoms in total. The number of nitrogens with one attached hydrogen (secondary N) is 1. The van der Waals surface area contributed by atoms with Gasteiger partial charge in [-0.15, -0.1) is 12.4 Å². The Hall–Kier alpha value is 0.120. The SMILES string of the molecule is Cl.O=S1(=O)CCCN1C1CCCN(CC2CCCNC2)C1. The summed E-state index contributed by atoms with van der Waals surface area (Å²) in [6.45, 7) is 6.24. The largest absolute Gasteiger partial charge is 0.316 e. The molecule has 0 aromatic carbocycles. The van der Waals surface area contributed by atoms with Gasteiger partial charge in [-0.25, -0.2) is 8.42 Å². The average Bonchev–Trinajstić information content (AvgIpc) is 2.80. The number of nitrogens with zero attached hydrogens (tertiary/aromatic N) is 2. The summed E-state index contributed by atoms with van der Waals surface area (Å²) >= 11 is 0. The Morgan fingerprint density at radius 1 is 1.10 bits per heavy atom. The summed E-state index contributed by atoms with van der Waals surface area (Å²) in [7, 11) is -2.95. The van der Waals surface area contributed by atoms with Gasteiger partial charge in [0.15, 0.2) is 0 Å². The van der Waals surface area contributed by atoms with E-state index in [1.54, 1.807) is 4.31 Å². The molecule has 0 aromatic heterocycles. The van der Waals surface area contributed by atoms with Crippen molar-refractivity contribution in [1.29, 1.82) is 0 Å². The van der Waals surface area contributed by atoms with Crippen LogP contribution in [-0.2, 0) is 10.0 Å². The third-order valence-electron chi connectivity index (χ3n) is 4.94. The lowest BCUT2D eigenvalue weighted by Gasteiger charge is -2.38. The zero-order valence-electron chi connectivity index (χ0n) is 12.7. The van der Waals surface area contributed by atoms with Crippen molar-refractivity contribution >= 4 is 22.4 Å². The molecule has 0 saturated carbocycles. The molecule has 124 valence electrons. The third kappa shape index (κ3) is 4.32. The van der Waals surface area contributed by atoms with Gasteiger partial charge in [-0.1, -0.05) is 0 Å². The number of hydrogen-bond donors (Lipinski definition) is 1. The summed E-state index contributed by atoms with van der Waals surface area (Å²) in [5.74, 6) is 1.11. The number of piperidine rings is 2. The molecule has 3 heterocycles. The fourth-order valence-corrected chi connectivity index (χ4v) is 5.71. The van der Waals surface area contributed by atoms with Gasteiger partial charge in [0.25, 0.3) is 0 Å². The molecule has 0 spiro atoms. The van der Waals surface area contributed by atoms with Gasteiger partial charge in [0.1, 0.15) is 0 Å². The van der Waals surface area contributed by atoms with E-state index < -0.39 is 10.0 Å². The predicted octanol–water partition coefficient (Wildman–Crippen LogP) is 0.908. The van der Waals surface area contributed by atoms with Crippen molar-refractivity contribution < 1.29 is 8.42 Å². The first-order chi connectivity index (χ1) is 9.65. The van der Waals surface area contributed by atoms with Crippen LogP contribution in [0.4, 0.5) is 0 Å². The summed E-state index contributed by atoms with van der Waals surface area (Å²) in [5, 5.41) is 3.47. The fourth-order valence-electron chi connectivity index (χ4n) is 3.95. The standard InChI is InChI=1S/C14H27N3O2S.ClH/c18-20(19)9-3-8-17(20)14-5-2-7-16(12-14)11-13-4-1-6-15-10-13;/h13-15H,1-12H2;1H. The summed E-state index contributed by atoms with van der Waals surface area (Å²) < 4.78 is 25.9. The molecule has 3 fully saturated rings. The van der Waals surface area contributed by atoms with Gasteiger partial charge in [-0.05, 0) is 57.7 Å². The van der Waals surface area contributed by atoms with E-state index in [1.807, 2.05) is 0 Å². The molecule has 1 N–H and O–H groups in total. The number of sulfonamides is 1. The molecule has 2 atom stereocenters. The lowest BCUT2D eigenvalue weighted by molar-refractivity contribution is 0.127. The van der Waals surface area contributed by atoms with Gasteiger partial charge in [0.2, 0.25) is 10.0 Å². The van der Waals surface area contributed by atoms with E-state index in [4.69, 9.17) is 0 Å². The Morgan fingerprint density at radius 2 is 1.95 bits per heavy atom. The van der Waals surface area contributed by atoms with Crippen molar-refractivity contribution in [1.82, 2.24) is 14.5 Å². The monoisotopic (exact) mass is 337 g/mol. The second-order valence-electron chi connectivity index (χ2n) is 6.55. The van der Waals surface area contributed by atoms with Gasteiger partial charge in [0, 0.05) is 25.7 Å². The molecule has 2 unspecified atom stereocenters. The third-order valence-corrected chi connectivity index (χ3v) is 6.94. The van der Waals surface area contributed by atoms with Crippen LogP contribution in [0, 0.1) is 5.92 Å². The number of halogens is 1. The van der Waals surface area contributed by atoms with E-state index >= 15 is 0 Å². The predicted molar refractivity (Wildman–Crippen MR) is 87.4 cm³/mol. The molecule has 7 heteroatoms. The molecule has 21 heavy (non-hydrogen) atoms. The lowest BCUT2D eigenvalue weighted by Crippen LogP contribution is -2.50. The minimum absolute atomic E-state index is 0. The Morgan fingerprint density at radius 3 is 2.62 bits per heavy atom. The average molecular weight is 338 g/mol. The van der Waals surface area contributed by atoms with Crippen LogP contribution in [0.3, 0.4) is 0 Å². The maximum Gasteiger partial charge on any atom is 0.214 e. The van der Waals surface area contributed by atoms with E-state index in [0.717, 1.165) is 64.4 Å². The lowest BCUT2D eigenvalue weighted by atomic mass is 9.97. The summed E-state index contributed by atoms with van der Waals surface area (Å²) in [4.78, 5) is 2.50. The van der Waals surface area contributed by atoms with Gasteiger partial charge in [0.05, 0.1) is 5.75 Å².